The molecule has 1 N–H and O–H groups in total. The second-order valence-corrected chi connectivity index (χ2v) is 13.3. The van der Waals surface area contributed by atoms with Crippen LogP contribution in [0.3, 0.4) is 0 Å². The molecule has 3 fully saturated rings. The highest BCUT2D eigenvalue weighted by atomic mass is 32.1. The largest absolute Gasteiger partial charge is 0.488 e. The van der Waals surface area contributed by atoms with Crippen LogP contribution in [0.5, 0.6) is 5.75 Å². The average molecular weight is 574 g/mol. The number of fused-ring (bicyclic) bond motifs is 2. The molecule has 3 aromatic rings. The molecular weight excluding hydrogens is 534 g/mol. The minimum Gasteiger partial charge on any atom is -0.488 e. The van der Waals surface area contributed by atoms with Gasteiger partial charge < -0.3 is 19.5 Å². The number of aryl methyl sites for hydroxylation is 2. The Labute approximate surface area is 246 Å². The molecule has 0 radical (unpaired) electrons. The van der Waals surface area contributed by atoms with Crippen LogP contribution in [0, 0.1) is 25.2 Å². The topological polar surface area (TPSA) is 75.1 Å². The fourth-order valence-corrected chi connectivity index (χ4v) is 8.10. The molecule has 7 rings (SSSR count). The summed E-state index contributed by atoms with van der Waals surface area (Å²) in [7, 11) is 0. The Kier molecular flexibility index (Phi) is 7.04. The number of rotatable bonds is 7. The Hall–Kier alpha value is -2.94. The molecule has 2 aromatic carbocycles. The van der Waals surface area contributed by atoms with Crippen LogP contribution in [0.25, 0.3) is 11.3 Å². The second kappa shape index (κ2) is 10.7. The van der Waals surface area contributed by atoms with Gasteiger partial charge in [0.1, 0.15) is 12.4 Å². The normalized spacial score (nSPS) is 24.5. The molecule has 7 nitrogen and oxygen atoms in total. The lowest BCUT2D eigenvalue weighted by Crippen LogP contribution is -2.42. The first kappa shape index (κ1) is 26.9. The molecule has 2 saturated heterocycles. The van der Waals surface area contributed by atoms with Crippen LogP contribution in [0.2, 0.25) is 0 Å². The summed E-state index contributed by atoms with van der Waals surface area (Å²) in [5.74, 6) is 0.456. The number of thiazole rings is 1. The van der Waals surface area contributed by atoms with Gasteiger partial charge in [-0.15, -0.1) is 11.3 Å². The Morgan fingerprint density at radius 3 is 2.85 bits per heavy atom. The molecule has 4 heterocycles. The van der Waals surface area contributed by atoms with Crippen molar-refractivity contribution in [3.8, 4) is 17.0 Å². The first-order chi connectivity index (χ1) is 19.9. The van der Waals surface area contributed by atoms with Gasteiger partial charge in [0, 0.05) is 56.4 Å². The summed E-state index contributed by atoms with van der Waals surface area (Å²) >= 11 is 1.64. The van der Waals surface area contributed by atoms with Crippen LogP contribution in [-0.2, 0) is 29.1 Å². The minimum absolute atomic E-state index is 0.240. The number of hydrogen-bond donors (Lipinski definition) is 1. The van der Waals surface area contributed by atoms with Crippen LogP contribution in [0.15, 0.2) is 35.7 Å². The number of aromatic nitrogens is 1. The standard InChI is InChI=1S/C33H39N3O4S/c1-21-3-4-30(27(13-21)29-20-41-32(34-29)36-10-8-33(31(37)38)16-25(33)17-36)40-19-23-14-22(2)28-18-35(9-5-24(28)15-23)26-6-11-39-12-7-26/h3-4,13-15,20,25-26H,5-12,16-19H2,1-2H3,(H,37,38)/t25-,33+/m0/s1. The number of aliphatic carboxylic acids is 1. The van der Waals surface area contributed by atoms with E-state index in [-0.39, 0.29) is 5.92 Å². The first-order valence-corrected chi connectivity index (χ1v) is 15.9. The maximum absolute atomic E-state index is 11.7. The van der Waals surface area contributed by atoms with E-state index in [1.54, 1.807) is 11.3 Å². The monoisotopic (exact) mass is 573 g/mol. The first-order valence-electron chi connectivity index (χ1n) is 15.0. The molecule has 41 heavy (non-hydrogen) atoms. The molecule has 4 aliphatic rings. The van der Waals surface area contributed by atoms with Gasteiger partial charge in [0.05, 0.1) is 11.1 Å². The summed E-state index contributed by atoms with van der Waals surface area (Å²) in [6.45, 7) is 10.3. The Balaban J connectivity index is 1.05. The average Bonchev–Trinajstić information content (AvgIpc) is 3.54. The van der Waals surface area contributed by atoms with Gasteiger partial charge in [0.2, 0.25) is 0 Å². The zero-order valence-corrected chi connectivity index (χ0v) is 24.8. The van der Waals surface area contributed by atoms with Crippen molar-refractivity contribution in [3.05, 3.63) is 63.5 Å². The number of hydrogen-bond acceptors (Lipinski definition) is 7. The molecule has 0 bridgehead atoms. The van der Waals surface area contributed by atoms with Gasteiger partial charge in [-0.3, -0.25) is 9.69 Å². The number of carboxylic acids is 1. The summed E-state index contributed by atoms with van der Waals surface area (Å²) < 4.78 is 12.1. The highest BCUT2D eigenvalue weighted by Crippen LogP contribution is 2.58. The zero-order valence-electron chi connectivity index (χ0n) is 24.0. The summed E-state index contributed by atoms with van der Waals surface area (Å²) in [6.07, 6.45) is 4.87. The fraction of sp³-hybridized carbons (Fsp3) is 0.515. The van der Waals surface area contributed by atoms with Crippen molar-refractivity contribution >= 4 is 22.4 Å². The van der Waals surface area contributed by atoms with Crippen molar-refractivity contribution < 1.29 is 19.4 Å². The third-order valence-electron chi connectivity index (χ3n) is 9.86. The van der Waals surface area contributed by atoms with Gasteiger partial charge in [-0.2, -0.15) is 0 Å². The lowest BCUT2D eigenvalue weighted by molar-refractivity contribution is -0.144. The molecule has 8 heteroatoms. The molecule has 0 unspecified atom stereocenters. The molecule has 1 aliphatic carbocycles. The molecule has 1 aromatic heterocycles. The highest BCUT2D eigenvalue weighted by Gasteiger charge is 2.62. The van der Waals surface area contributed by atoms with Crippen LogP contribution < -0.4 is 9.64 Å². The van der Waals surface area contributed by atoms with E-state index < -0.39 is 11.4 Å². The van der Waals surface area contributed by atoms with E-state index >= 15 is 0 Å². The number of piperidine rings is 1. The Morgan fingerprint density at radius 1 is 1.20 bits per heavy atom. The Morgan fingerprint density at radius 2 is 2.05 bits per heavy atom. The SMILES string of the molecule is Cc1ccc(OCc2cc(C)c3c(c2)CCN(C2CCOCC2)C3)c(-c2csc(N3CC[C@@]4(C(=O)O)C[C@H]4C3)n2)c1. The highest BCUT2D eigenvalue weighted by molar-refractivity contribution is 7.14. The molecule has 1 saturated carbocycles. The lowest BCUT2D eigenvalue weighted by atomic mass is 9.91. The van der Waals surface area contributed by atoms with Crippen molar-refractivity contribution in [2.75, 3.05) is 37.7 Å². The summed E-state index contributed by atoms with van der Waals surface area (Å²) in [5, 5.41) is 12.7. The predicted molar refractivity (Wildman–Crippen MR) is 161 cm³/mol. The number of nitrogens with zero attached hydrogens (tertiary/aromatic N) is 3. The van der Waals surface area contributed by atoms with E-state index in [4.69, 9.17) is 14.5 Å². The zero-order chi connectivity index (χ0) is 28.1. The van der Waals surface area contributed by atoms with Gasteiger partial charge in [-0.05, 0) is 86.3 Å². The van der Waals surface area contributed by atoms with Crippen molar-refractivity contribution in [2.45, 2.75) is 65.1 Å². The summed E-state index contributed by atoms with van der Waals surface area (Å²) in [6, 6.07) is 11.6. The lowest BCUT2D eigenvalue weighted by Gasteiger charge is -2.38. The quantitative estimate of drug-likeness (QED) is 0.380. The maximum Gasteiger partial charge on any atom is 0.310 e. The van der Waals surface area contributed by atoms with Crippen molar-refractivity contribution in [2.24, 2.45) is 11.3 Å². The van der Waals surface area contributed by atoms with Gasteiger partial charge in [-0.25, -0.2) is 4.98 Å². The van der Waals surface area contributed by atoms with Crippen molar-refractivity contribution in [1.29, 1.82) is 0 Å². The van der Waals surface area contributed by atoms with E-state index in [0.29, 0.717) is 19.1 Å². The molecule has 2 atom stereocenters. The van der Waals surface area contributed by atoms with Gasteiger partial charge >= 0.3 is 5.97 Å². The summed E-state index contributed by atoms with van der Waals surface area (Å²) in [4.78, 5) is 21.6. The van der Waals surface area contributed by atoms with Gasteiger partial charge in [0.25, 0.3) is 0 Å². The van der Waals surface area contributed by atoms with E-state index in [1.165, 1.54) is 27.8 Å². The second-order valence-electron chi connectivity index (χ2n) is 12.5. The molecule has 3 aliphatic heterocycles. The Bertz CT molecular complexity index is 1460. The van der Waals surface area contributed by atoms with Crippen molar-refractivity contribution in [3.63, 3.8) is 0 Å². The van der Waals surface area contributed by atoms with E-state index in [0.717, 1.165) is 87.2 Å². The van der Waals surface area contributed by atoms with Crippen LogP contribution in [0.1, 0.15) is 53.5 Å². The van der Waals surface area contributed by atoms with E-state index in [2.05, 4.69) is 59.4 Å². The fourth-order valence-electron chi connectivity index (χ4n) is 7.24. The smallest absolute Gasteiger partial charge is 0.310 e. The van der Waals surface area contributed by atoms with Gasteiger partial charge in [-0.1, -0.05) is 23.8 Å². The molecule has 0 spiro atoms. The van der Waals surface area contributed by atoms with Crippen LogP contribution in [0.4, 0.5) is 5.13 Å². The molecular formula is C33H39N3O4S. The van der Waals surface area contributed by atoms with Crippen molar-refractivity contribution in [1.82, 2.24) is 9.88 Å². The number of carbonyl (C=O) groups is 1. The van der Waals surface area contributed by atoms with E-state index in [9.17, 15) is 9.90 Å². The number of anilines is 1. The van der Waals surface area contributed by atoms with Crippen LogP contribution >= 0.6 is 11.3 Å². The summed E-state index contributed by atoms with van der Waals surface area (Å²) in [5.41, 5.74) is 8.14. The minimum atomic E-state index is -0.630. The van der Waals surface area contributed by atoms with Gasteiger partial charge in [0.15, 0.2) is 5.13 Å². The predicted octanol–water partition coefficient (Wildman–Crippen LogP) is 5.84. The van der Waals surface area contributed by atoms with Crippen LogP contribution in [-0.4, -0.2) is 59.8 Å². The number of ether oxygens (including phenoxy) is 2. The maximum atomic E-state index is 11.7. The molecule has 0 amide bonds. The third-order valence-corrected chi connectivity index (χ3v) is 10.8. The molecule has 216 valence electrons. The number of carboxylic acid groups (broad SMARTS) is 1. The number of benzene rings is 2. The third kappa shape index (κ3) is 5.15. The van der Waals surface area contributed by atoms with E-state index in [1.807, 2.05) is 0 Å².